The third kappa shape index (κ3) is 8.58. The van der Waals surface area contributed by atoms with Crippen molar-refractivity contribution >= 4 is 14.4 Å². The van der Waals surface area contributed by atoms with Crippen LogP contribution in [0.1, 0.15) is 44.4 Å². The molecule has 8 nitrogen and oxygen atoms in total. The summed E-state index contributed by atoms with van der Waals surface area (Å²) in [6.07, 6.45) is 0.413. The number of carbonyl (C=O) groups is 1. The van der Waals surface area contributed by atoms with Gasteiger partial charge >= 0.3 is 6.09 Å². The first-order valence-electron chi connectivity index (χ1n) is 9.96. The first-order chi connectivity index (χ1) is 14.0. The van der Waals surface area contributed by atoms with Crippen molar-refractivity contribution in [1.29, 1.82) is 0 Å². The molecule has 2 atom stereocenters. The molecule has 0 heterocycles. The minimum atomic E-state index is -1.99. The Hall–Kier alpha value is -2.32. The van der Waals surface area contributed by atoms with Gasteiger partial charge in [0.1, 0.15) is 6.61 Å². The first kappa shape index (κ1) is 25.7. The molecule has 0 aliphatic heterocycles. The molecule has 0 aliphatic carbocycles. The van der Waals surface area contributed by atoms with E-state index in [0.29, 0.717) is 0 Å². The molecule has 9 heteroatoms. The van der Waals surface area contributed by atoms with E-state index >= 15 is 0 Å². The van der Waals surface area contributed by atoms with Gasteiger partial charge in [-0.1, -0.05) is 62.8 Å². The second-order valence-corrected chi connectivity index (χ2v) is 13.5. The number of amides is 1. The smallest absolute Gasteiger partial charge is 0.407 e. The molecule has 0 fully saturated rings. The maximum absolute atomic E-state index is 12.1. The highest BCUT2D eigenvalue weighted by atomic mass is 28.4. The number of alkyl carbamates (subject to hydrolysis) is 1. The minimum absolute atomic E-state index is 0.0423. The van der Waals surface area contributed by atoms with Crippen molar-refractivity contribution in [1.82, 2.24) is 5.32 Å². The maximum atomic E-state index is 12.1. The van der Waals surface area contributed by atoms with E-state index in [9.17, 15) is 9.90 Å². The Morgan fingerprint density at radius 1 is 1.37 bits per heavy atom. The van der Waals surface area contributed by atoms with E-state index < -0.39 is 26.6 Å². The normalized spacial score (nSPS) is 13.7. The lowest BCUT2D eigenvalue weighted by atomic mass is 9.99. The maximum Gasteiger partial charge on any atom is 0.407 e. The first-order valence-corrected chi connectivity index (χ1v) is 12.9. The number of hydrogen-bond donors (Lipinski definition) is 2. The van der Waals surface area contributed by atoms with Gasteiger partial charge < -0.3 is 19.6 Å². The number of aliphatic hydroxyl groups excluding tert-OH is 1. The highest BCUT2D eigenvalue weighted by molar-refractivity contribution is 6.74. The van der Waals surface area contributed by atoms with Crippen molar-refractivity contribution in [2.45, 2.75) is 64.0 Å². The van der Waals surface area contributed by atoms with E-state index in [1.807, 2.05) is 24.3 Å². The van der Waals surface area contributed by atoms with Gasteiger partial charge in [0.2, 0.25) is 0 Å². The fourth-order valence-corrected chi connectivity index (χ4v) is 3.47. The Labute approximate surface area is 180 Å². The second kappa shape index (κ2) is 11.8. The van der Waals surface area contributed by atoms with Crippen molar-refractivity contribution in [2.24, 2.45) is 5.11 Å². The van der Waals surface area contributed by atoms with Crippen LogP contribution < -0.4 is 5.32 Å². The third-order valence-corrected chi connectivity index (χ3v) is 9.77. The van der Waals surface area contributed by atoms with Gasteiger partial charge in [-0.05, 0) is 34.8 Å². The summed E-state index contributed by atoms with van der Waals surface area (Å²) in [6.45, 7) is 14.8. The van der Waals surface area contributed by atoms with Gasteiger partial charge in [0.05, 0.1) is 25.3 Å². The molecule has 2 N–H and O–H groups in total. The molecule has 30 heavy (non-hydrogen) atoms. The highest BCUT2D eigenvalue weighted by Crippen LogP contribution is 2.36. The monoisotopic (exact) mass is 434 g/mol. The van der Waals surface area contributed by atoms with Crippen LogP contribution in [-0.2, 0) is 15.7 Å². The summed E-state index contributed by atoms with van der Waals surface area (Å²) in [5.74, 6) is 0. The van der Waals surface area contributed by atoms with Crippen molar-refractivity contribution in [3.05, 3.63) is 58.5 Å². The van der Waals surface area contributed by atoms with E-state index in [0.717, 1.165) is 11.1 Å². The van der Waals surface area contributed by atoms with Crippen LogP contribution in [0.4, 0.5) is 4.79 Å². The van der Waals surface area contributed by atoms with E-state index in [4.69, 9.17) is 14.7 Å². The van der Waals surface area contributed by atoms with Crippen molar-refractivity contribution in [2.75, 3.05) is 13.2 Å². The fraction of sp³-hybridized carbons (Fsp3) is 0.571. The van der Waals surface area contributed by atoms with Gasteiger partial charge in [0.15, 0.2) is 8.32 Å². The molecular weight excluding hydrogens is 400 g/mol. The largest absolute Gasteiger partial charge is 0.445 e. The summed E-state index contributed by atoms with van der Waals surface area (Å²) in [7, 11) is -1.99. The van der Waals surface area contributed by atoms with Crippen LogP contribution in [0.25, 0.3) is 10.4 Å². The number of nitrogens with one attached hydrogen (secondary N) is 1. The van der Waals surface area contributed by atoms with Crippen molar-refractivity contribution < 1.29 is 19.1 Å². The summed E-state index contributed by atoms with van der Waals surface area (Å²) in [5, 5.41) is 17.0. The molecule has 0 aliphatic rings. The zero-order valence-corrected chi connectivity index (χ0v) is 19.6. The number of benzene rings is 1. The minimum Gasteiger partial charge on any atom is -0.445 e. The van der Waals surface area contributed by atoms with E-state index in [-0.39, 0.29) is 31.2 Å². The van der Waals surface area contributed by atoms with Crippen LogP contribution in [0.5, 0.6) is 0 Å². The van der Waals surface area contributed by atoms with E-state index in [2.05, 4.69) is 55.8 Å². The lowest BCUT2D eigenvalue weighted by molar-refractivity contribution is 0.0816. The highest BCUT2D eigenvalue weighted by Gasteiger charge is 2.37. The second-order valence-electron chi connectivity index (χ2n) is 8.68. The summed E-state index contributed by atoms with van der Waals surface area (Å²) >= 11 is 0. The molecule has 0 spiro atoms. The lowest BCUT2D eigenvalue weighted by Gasteiger charge is -2.37. The van der Waals surface area contributed by atoms with Gasteiger partial charge in [0.25, 0.3) is 0 Å². The number of hydrogen-bond acceptors (Lipinski definition) is 5. The number of azide groups is 1. The molecule has 0 aromatic heterocycles. The van der Waals surface area contributed by atoms with E-state index in [1.165, 1.54) is 6.08 Å². The van der Waals surface area contributed by atoms with Gasteiger partial charge in [-0.25, -0.2) is 4.79 Å². The summed E-state index contributed by atoms with van der Waals surface area (Å²) in [6, 6.07) is 6.86. The van der Waals surface area contributed by atoms with Crippen LogP contribution in [0.15, 0.2) is 42.0 Å². The standard InChI is InChI=1S/C21H34N4O4Si/c1-7-12-28-20(27)24-19(17-10-8-16(9-11-17)14-23-25-22)13-18(26)15-29-30(5,6)21(2,3)4/h7-11,18-19,26H,1,12-15H2,2-6H3,(H,24,27)/t18-,19-/m1/s1. The molecule has 0 unspecified atom stereocenters. The van der Waals surface area contributed by atoms with Gasteiger partial charge in [0, 0.05) is 11.3 Å². The summed E-state index contributed by atoms with van der Waals surface area (Å²) in [5.41, 5.74) is 10.1. The molecule has 0 radical (unpaired) electrons. The number of aliphatic hydroxyl groups is 1. The SMILES string of the molecule is C=CCOC(=O)N[C@H](C[C@@H](O)CO[Si](C)(C)C(C)(C)C)c1ccc(CN=[N+]=[N-])cc1. The average molecular weight is 435 g/mol. The number of carbonyl (C=O) groups excluding carboxylic acids is 1. The van der Waals surface area contributed by atoms with Gasteiger partial charge in [-0.2, -0.15) is 0 Å². The Balaban J connectivity index is 2.88. The van der Waals surface area contributed by atoms with E-state index in [1.54, 1.807) is 0 Å². The molecule has 0 saturated carbocycles. The van der Waals surface area contributed by atoms with Crippen molar-refractivity contribution in [3.8, 4) is 0 Å². The number of ether oxygens (including phenoxy) is 1. The van der Waals surface area contributed by atoms with Gasteiger partial charge in [-0.15, -0.1) is 0 Å². The quantitative estimate of drug-likeness (QED) is 0.163. The Morgan fingerprint density at radius 3 is 2.53 bits per heavy atom. The predicted octanol–water partition coefficient (Wildman–Crippen LogP) is 5.22. The third-order valence-electron chi connectivity index (χ3n) is 5.27. The molecular formula is C21H34N4O4Si. The predicted molar refractivity (Wildman–Crippen MR) is 120 cm³/mol. The van der Waals surface area contributed by atoms with Crippen molar-refractivity contribution in [3.63, 3.8) is 0 Å². The van der Waals surface area contributed by atoms with Crippen LogP contribution >= 0.6 is 0 Å². The molecule has 0 bridgehead atoms. The zero-order valence-electron chi connectivity index (χ0n) is 18.6. The van der Waals surface area contributed by atoms with Crippen LogP contribution in [0.2, 0.25) is 18.1 Å². The fourth-order valence-electron chi connectivity index (χ4n) is 2.43. The Bertz CT molecular complexity index is 740. The van der Waals surface area contributed by atoms with Crippen LogP contribution in [-0.4, -0.2) is 38.8 Å². The number of nitrogens with zero attached hydrogens (tertiary/aromatic N) is 3. The lowest BCUT2D eigenvalue weighted by Crippen LogP contribution is -2.43. The molecule has 1 aromatic carbocycles. The average Bonchev–Trinajstić information content (AvgIpc) is 2.68. The summed E-state index contributed by atoms with van der Waals surface area (Å²) in [4.78, 5) is 14.8. The molecule has 1 aromatic rings. The topological polar surface area (TPSA) is 117 Å². The molecule has 0 saturated heterocycles. The Kier molecular flexibility index (Phi) is 10.1. The summed E-state index contributed by atoms with van der Waals surface area (Å²) < 4.78 is 11.1. The zero-order chi connectivity index (χ0) is 22.8. The van der Waals surface area contributed by atoms with Gasteiger partial charge in [-0.3, -0.25) is 0 Å². The van der Waals surface area contributed by atoms with Crippen LogP contribution in [0.3, 0.4) is 0 Å². The molecule has 1 amide bonds. The molecule has 1 rings (SSSR count). The molecule has 166 valence electrons. The van der Waals surface area contributed by atoms with Crippen LogP contribution in [0, 0.1) is 0 Å². The Morgan fingerprint density at radius 2 is 2.00 bits per heavy atom. The number of rotatable bonds is 11.